The molecule has 0 saturated heterocycles. The zero-order chi connectivity index (χ0) is 14.0. The van der Waals surface area contributed by atoms with Gasteiger partial charge in [-0.25, -0.2) is 13.4 Å². The number of aryl methyl sites for hydroxylation is 1. The minimum absolute atomic E-state index is 0.159. The quantitative estimate of drug-likeness (QED) is 0.846. The fourth-order valence-corrected chi connectivity index (χ4v) is 4.04. The van der Waals surface area contributed by atoms with Gasteiger partial charge in [0.25, 0.3) is 10.0 Å². The fourth-order valence-electron chi connectivity index (χ4n) is 1.46. The van der Waals surface area contributed by atoms with E-state index < -0.39 is 10.0 Å². The van der Waals surface area contributed by atoms with E-state index in [0.717, 1.165) is 5.56 Å². The minimum Gasteiger partial charge on any atom is -0.263 e. The number of hydrogen-bond donors (Lipinski definition) is 1. The zero-order valence-corrected chi connectivity index (χ0v) is 13.9. The molecule has 0 amide bonds. The van der Waals surface area contributed by atoms with E-state index >= 15 is 0 Å². The third-order valence-electron chi connectivity index (χ3n) is 2.42. The van der Waals surface area contributed by atoms with Gasteiger partial charge in [0.1, 0.15) is 10.7 Å². The minimum atomic E-state index is -3.68. The first-order valence-corrected chi connectivity index (χ1v) is 8.36. The van der Waals surface area contributed by atoms with Gasteiger partial charge < -0.3 is 0 Å². The van der Waals surface area contributed by atoms with Crippen molar-refractivity contribution >= 4 is 47.7 Å². The van der Waals surface area contributed by atoms with Crippen LogP contribution in [0, 0.1) is 6.92 Å². The summed E-state index contributed by atoms with van der Waals surface area (Å²) in [5.74, 6) is 0.328. The first-order valence-electron chi connectivity index (χ1n) is 5.29. The molecule has 0 aliphatic heterocycles. The second-order valence-corrected chi connectivity index (χ2v) is 7.27. The average Bonchev–Trinajstić information content (AvgIpc) is 2.35. The van der Waals surface area contributed by atoms with Gasteiger partial charge in [0, 0.05) is 15.1 Å². The van der Waals surface area contributed by atoms with Crippen LogP contribution in [0.2, 0.25) is 0 Å². The maximum absolute atomic E-state index is 12.3. The molecule has 2 aromatic rings. The van der Waals surface area contributed by atoms with Gasteiger partial charge in [0.05, 0.1) is 0 Å². The molecule has 1 N–H and O–H groups in total. The molecule has 0 bridgehead atoms. The van der Waals surface area contributed by atoms with Crippen LogP contribution in [0.4, 0.5) is 5.82 Å². The van der Waals surface area contributed by atoms with E-state index in [1.807, 2.05) is 0 Å². The molecule has 4 nitrogen and oxygen atoms in total. The van der Waals surface area contributed by atoms with Crippen LogP contribution in [0.1, 0.15) is 5.56 Å². The molecule has 0 aliphatic carbocycles. The number of hydrogen-bond acceptors (Lipinski definition) is 3. The summed E-state index contributed by atoms with van der Waals surface area (Å²) < 4.78 is 28.3. The van der Waals surface area contributed by atoms with Crippen molar-refractivity contribution in [2.24, 2.45) is 0 Å². The fraction of sp³-hybridized carbons (Fsp3) is 0.0833. The second kappa shape index (κ2) is 5.60. The number of rotatable bonds is 3. The molecule has 7 heteroatoms. The van der Waals surface area contributed by atoms with Gasteiger partial charge in [-0.3, -0.25) is 4.72 Å². The lowest BCUT2D eigenvalue weighted by Gasteiger charge is -2.10. The Morgan fingerprint density at radius 1 is 1.21 bits per heavy atom. The molecule has 0 fully saturated rings. The molecule has 1 heterocycles. The Bertz CT molecular complexity index is 717. The monoisotopic (exact) mass is 404 g/mol. The van der Waals surface area contributed by atoms with Gasteiger partial charge in [-0.05, 0) is 52.7 Å². The van der Waals surface area contributed by atoms with Crippen LogP contribution in [0.3, 0.4) is 0 Å². The van der Waals surface area contributed by atoms with Gasteiger partial charge in [0.15, 0.2) is 0 Å². The Balaban J connectivity index is 2.44. The van der Waals surface area contributed by atoms with Crippen LogP contribution in [0.25, 0.3) is 0 Å². The van der Waals surface area contributed by atoms with Crippen LogP contribution < -0.4 is 4.72 Å². The summed E-state index contributed by atoms with van der Waals surface area (Å²) in [4.78, 5) is 4.18. The molecule has 0 radical (unpaired) electrons. The molecule has 19 heavy (non-hydrogen) atoms. The van der Waals surface area contributed by atoms with Gasteiger partial charge in [-0.15, -0.1) is 0 Å². The Morgan fingerprint density at radius 3 is 2.63 bits per heavy atom. The van der Waals surface area contributed by atoms with Crippen LogP contribution in [0.5, 0.6) is 0 Å². The summed E-state index contributed by atoms with van der Waals surface area (Å²) in [5, 5.41) is 0. The number of pyridine rings is 1. The molecule has 0 unspecified atom stereocenters. The van der Waals surface area contributed by atoms with E-state index in [0.29, 0.717) is 14.8 Å². The predicted octanol–water partition coefficient (Wildman–Crippen LogP) is 3.72. The summed E-state index contributed by atoms with van der Waals surface area (Å²) in [6.07, 6.45) is 1.54. The third-order valence-corrected chi connectivity index (χ3v) is 5.25. The number of anilines is 1. The maximum atomic E-state index is 12.3. The van der Waals surface area contributed by atoms with E-state index in [4.69, 9.17) is 0 Å². The van der Waals surface area contributed by atoms with Crippen molar-refractivity contribution in [2.45, 2.75) is 11.8 Å². The summed E-state index contributed by atoms with van der Waals surface area (Å²) in [6.45, 7) is 1.79. The summed E-state index contributed by atoms with van der Waals surface area (Å²) >= 11 is 6.50. The van der Waals surface area contributed by atoms with E-state index in [-0.39, 0.29) is 4.90 Å². The lowest BCUT2D eigenvalue weighted by atomic mass is 10.3. The topological polar surface area (TPSA) is 59.1 Å². The first-order chi connectivity index (χ1) is 8.90. The van der Waals surface area contributed by atoms with Gasteiger partial charge in [0.2, 0.25) is 0 Å². The lowest BCUT2D eigenvalue weighted by molar-refractivity contribution is 0.600. The SMILES string of the molecule is Cc1cccnc1NS(=O)(=O)c1cc(Br)ccc1Br. The second-order valence-electron chi connectivity index (χ2n) is 3.85. The Morgan fingerprint density at radius 2 is 1.95 bits per heavy atom. The van der Waals surface area contributed by atoms with Crippen molar-refractivity contribution in [2.75, 3.05) is 4.72 Å². The molecule has 1 aromatic heterocycles. The van der Waals surface area contributed by atoms with Crippen molar-refractivity contribution in [3.8, 4) is 0 Å². The molecule has 100 valence electrons. The smallest absolute Gasteiger partial charge is 0.263 e. The van der Waals surface area contributed by atoms with Crippen molar-refractivity contribution in [1.82, 2.24) is 4.98 Å². The van der Waals surface area contributed by atoms with E-state index in [1.54, 1.807) is 37.4 Å². The predicted molar refractivity (Wildman–Crippen MR) is 81.6 cm³/mol. The number of nitrogens with zero attached hydrogens (tertiary/aromatic N) is 1. The van der Waals surface area contributed by atoms with Crippen molar-refractivity contribution < 1.29 is 8.42 Å². The molecule has 0 atom stereocenters. The van der Waals surface area contributed by atoms with Crippen molar-refractivity contribution in [3.05, 3.63) is 51.0 Å². The molecular formula is C12H10Br2N2O2S. The molecule has 2 rings (SSSR count). The molecule has 1 aromatic carbocycles. The number of sulfonamides is 1. The Labute approximate surface area is 128 Å². The summed E-state index contributed by atoms with van der Waals surface area (Å²) in [6, 6.07) is 8.51. The highest BCUT2D eigenvalue weighted by Gasteiger charge is 2.19. The van der Waals surface area contributed by atoms with Gasteiger partial charge >= 0.3 is 0 Å². The highest BCUT2D eigenvalue weighted by molar-refractivity contribution is 9.11. The largest absolute Gasteiger partial charge is 0.264 e. The standard InChI is InChI=1S/C12H10Br2N2O2S/c1-8-3-2-6-15-12(8)16-19(17,18)11-7-9(13)4-5-10(11)14/h2-7H,1H3,(H,15,16). The lowest BCUT2D eigenvalue weighted by Crippen LogP contribution is -2.15. The van der Waals surface area contributed by atoms with Crippen LogP contribution in [-0.2, 0) is 10.0 Å². The molecule has 0 aliphatic rings. The number of benzene rings is 1. The van der Waals surface area contributed by atoms with Crippen molar-refractivity contribution in [3.63, 3.8) is 0 Å². The normalized spacial score (nSPS) is 11.3. The van der Waals surface area contributed by atoms with E-state index in [2.05, 4.69) is 41.6 Å². The maximum Gasteiger partial charge on any atom is 0.264 e. The Kier molecular flexibility index (Phi) is 4.27. The Hall–Kier alpha value is -0.920. The van der Waals surface area contributed by atoms with E-state index in [1.165, 1.54) is 6.07 Å². The first kappa shape index (κ1) is 14.5. The number of aromatic nitrogens is 1. The molecular weight excluding hydrogens is 396 g/mol. The van der Waals surface area contributed by atoms with Crippen LogP contribution in [-0.4, -0.2) is 13.4 Å². The highest BCUT2D eigenvalue weighted by Crippen LogP contribution is 2.27. The number of halogens is 2. The van der Waals surface area contributed by atoms with Gasteiger partial charge in [-0.2, -0.15) is 0 Å². The summed E-state index contributed by atoms with van der Waals surface area (Å²) in [7, 11) is -3.68. The average molecular weight is 406 g/mol. The van der Waals surface area contributed by atoms with Gasteiger partial charge in [-0.1, -0.05) is 22.0 Å². The highest BCUT2D eigenvalue weighted by atomic mass is 79.9. The van der Waals surface area contributed by atoms with E-state index in [9.17, 15) is 8.42 Å². The third kappa shape index (κ3) is 3.34. The molecule has 0 spiro atoms. The van der Waals surface area contributed by atoms with Crippen LogP contribution >= 0.6 is 31.9 Å². The molecule has 0 saturated carbocycles. The zero-order valence-electron chi connectivity index (χ0n) is 9.89. The summed E-state index contributed by atoms with van der Waals surface area (Å²) in [5.41, 5.74) is 0.761. The van der Waals surface area contributed by atoms with Crippen LogP contribution in [0.15, 0.2) is 50.4 Å². The number of nitrogens with one attached hydrogen (secondary N) is 1. The van der Waals surface area contributed by atoms with Crippen molar-refractivity contribution in [1.29, 1.82) is 0 Å².